The summed E-state index contributed by atoms with van der Waals surface area (Å²) < 4.78 is 10.2. The number of aliphatic hydroxyl groups is 1. The number of methoxy groups -OCH3 is 1. The molecule has 1 aromatic heterocycles. The third kappa shape index (κ3) is 7.63. The lowest BCUT2D eigenvalue weighted by atomic mass is 10.3. The molecular formula is C15H23NO3S. The third-order valence-electron chi connectivity index (χ3n) is 2.75. The molecule has 1 N–H and O–H groups in total. The normalized spacial score (nSPS) is 12.5. The average molecular weight is 297 g/mol. The molecule has 1 atom stereocenters. The van der Waals surface area contributed by atoms with E-state index in [0.29, 0.717) is 6.54 Å². The van der Waals surface area contributed by atoms with Crippen LogP contribution in [0.15, 0.2) is 17.5 Å². The number of ether oxygens (including phenoxy) is 2. The van der Waals surface area contributed by atoms with E-state index in [1.54, 1.807) is 18.4 Å². The Balaban J connectivity index is 2.38. The van der Waals surface area contributed by atoms with Crippen LogP contribution in [0.25, 0.3) is 0 Å². The molecule has 20 heavy (non-hydrogen) atoms. The average Bonchev–Trinajstić information content (AvgIpc) is 2.92. The van der Waals surface area contributed by atoms with Crippen molar-refractivity contribution in [2.75, 3.05) is 40.0 Å². The van der Waals surface area contributed by atoms with E-state index in [0.717, 1.165) is 26.1 Å². The number of nitrogens with zero attached hydrogens (tertiary/aromatic N) is 1. The first-order valence-electron chi connectivity index (χ1n) is 6.69. The molecule has 0 aliphatic rings. The van der Waals surface area contributed by atoms with Crippen LogP contribution in [-0.2, 0) is 16.0 Å². The second kappa shape index (κ2) is 10.8. The summed E-state index contributed by atoms with van der Waals surface area (Å²) in [6.45, 7) is 3.55. The summed E-state index contributed by atoms with van der Waals surface area (Å²) in [6.07, 6.45) is 5.53. The molecule has 1 aromatic rings. The van der Waals surface area contributed by atoms with Crippen LogP contribution in [0.3, 0.4) is 0 Å². The van der Waals surface area contributed by atoms with Gasteiger partial charge in [-0.2, -0.15) is 0 Å². The Bertz CT molecular complexity index is 375. The highest BCUT2D eigenvalue weighted by Crippen LogP contribution is 2.12. The Morgan fingerprint density at radius 3 is 3.05 bits per heavy atom. The van der Waals surface area contributed by atoms with Gasteiger partial charge in [-0.25, -0.2) is 0 Å². The Hall–Kier alpha value is -0.900. The summed E-state index contributed by atoms with van der Waals surface area (Å²) in [5.74, 6) is 2.39. The van der Waals surface area contributed by atoms with E-state index in [1.165, 1.54) is 4.88 Å². The summed E-state index contributed by atoms with van der Waals surface area (Å²) >= 11 is 1.73. The zero-order valence-electron chi connectivity index (χ0n) is 12.0. The smallest absolute Gasteiger partial charge is 0.107 e. The van der Waals surface area contributed by atoms with E-state index >= 15 is 0 Å². The van der Waals surface area contributed by atoms with Gasteiger partial charge >= 0.3 is 0 Å². The van der Waals surface area contributed by atoms with Crippen LogP contribution in [-0.4, -0.2) is 56.1 Å². The largest absolute Gasteiger partial charge is 0.389 e. The van der Waals surface area contributed by atoms with Gasteiger partial charge in [-0.15, -0.1) is 17.8 Å². The van der Waals surface area contributed by atoms with Crippen LogP contribution in [0.2, 0.25) is 0 Å². The van der Waals surface area contributed by atoms with Crippen molar-refractivity contribution in [2.24, 2.45) is 0 Å². The maximum atomic E-state index is 9.97. The van der Waals surface area contributed by atoms with E-state index in [4.69, 9.17) is 15.9 Å². The predicted octanol–water partition coefficient (Wildman–Crippen LogP) is 1.60. The fourth-order valence-electron chi connectivity index (χ4n) is 1.89. The summed E-state index contributed by atoms with van der Waals surface area (Å²) in [6, 6.07) is 4.15. The molecule has 0 spiro atoms. The minimum Gasteiger partial charge on any atom is -0.389 e. The number of hydrogen-bond donors (Lipinski definition) is 1. The highest BCUT2D eigenvalue weighted by atomic mass is 32.1. The molecule has 4 nitrogen and oxygen atoms in total. The van der Waals surface area contributed by atoms with Crippen molar-refractivity contribution in [1.82, 2.24) is 4.90 Å². The lowest BCUT2D eigenvalue weighted by Gasteiger charge is -2.24. The number of hydrogen-bond acceptors (Lipinski definition) is 5. The van der Waals surface area contributed by atoms with Crippen molar-refractivity contribution in [1.29, 1.82) is 0 Å². The van der Waals surface area contributed by atoms with E-state index in [2.05, 4.69) is 22.3 Å². The van der Waals surface area contributed by atoms with Gasteiger partial charge in [0.2, 0.25) is 0 Å². The van der Waals surface area contributed by atoms with Gasteiger partial charge in [-0.1, -0.05) is 12.0 Å². The lowest BCUT2D eigenvalue weighted by Crippen LogP contribution is -2.35. The van der Waals surface area contributed by atoms with Crippen LogP contribution < -0.4 is 0 Å². The highest BCUT2D eigenvalue weighted by Gasteiger charge is 2.12. The number of rotatable bonds is 11. The van der Waals surface area contributed by atoms with Gasteiger partial charge in [0.1, 0.15) is 6.61 Å². The molecule has 0 unspecified atom stereocenters. The fourth-order valence-corrected chi connectivity index (χ4v) is 2.64. The molecule has 0 aliphatic carbocycles. The van der Waals surface area contributed by atoms with Crippen LogP contribution in [0.5, 0.6) is 0 Å². The summed E-state index contributed by atoms with van der Waals surface area (Å²) in [5, 5.41) is 12.0. The quantitative estimate of drug-likeness (QED) is 0.497. The molecule has 0 saturated heterocycles. The molecule has 0 amide bonds. The van der Waals surface area contributed by atoms with E-state index in [-0.39, 0.29) is 13.2 Å². The van der Waals surface area contributed by atoms with Gasteiger partial charge in [0.15, 0.2) is 0 Å². The van der Waals surface area contributed by atoms with E-state index in [9.17, 15) is 5.11 Å². The molecule has 5 heteroatoms. The zero-order valence-corrected chi connectivity index (χ0v) is 12.8. The Kier molecular flexibility index (Phi) is 9.29. The van der Waals surface area contributed by atoms with Gasteiger partial charge < -0.3 is 14.6 Å². The van der Waals surface area contributed by atoms with Crippen LogP contribution in [0.4, 0.5) is 0 Å². The lowest BCUT2D eigenvalue weighted by molar-refractivity contribution is 0.0246. The second-order valence-corrected chi connectivity index (χ2v) is 5.57. The van der Waals surface area contributed by atoms with Gasteiger partial charge in [-0.05, 0) is 17.9 Å². The van der Waals surface area contributed by atoms with E-state index in [1.807, 2.05) is 6.07 Å². The summed E-state index contributed by atoms with van der Waals surface area (Å²) in [5.41, 5.74) is 0. The highest BCUT2D eigenvalue weighted by molar-refractivity contribution is 7.09. The molecule has 0 fully saturated rings. The topological polar surface area (TPSA) is 41.9 Å². The van der Waals surface area contributed by atoms with Crippen molar-refractivity contribution in [3.8, 4) is 12.3 Å². The number of aliphatic hydroxyl groups excluding tert-OH is 1. The summed E-state index contributed by atoms with van der Waals surface area (Å²) in [7, 11) is 1.70. The van der Waals surface area contributed by atoms with Crippen molar-refractivity contribution >= 4 is 11.3 Å². The Labute approximate surface area is 125 Å². The molecule has 0 saturated carbocycles. The minimum absolute atomic E-state index is 0.242. The molecular weight excluding hydrogens is 274 g/mol. The van der Waals surface area contributed by atoms with Gasteiger partial charge in [0, 0.05) is 38.2 Å². The Morgan fingerprint density at radius 1 is 1.55 bits per heavy atom. The van der Waals surface area contributed by atoms with Gasteiger partial charge in [-0.3, -0.25) is 4.90 Å². The third-order valence-corrected chi connectivity index (χ3v) is 3.61. The first-order valence-corrected chi connectivity index (χ1v) is 7.57. The van der Waals surface area contributed by atoms with Crippen molar-refractivity contribution in [3.63, 3.8) is 0 Å². The van der Waals surface area contributed by atoms with Crippen LogP contribution in [0, 0.1) is 12.3 Å². The maximum Gasteiger partial charge on any atom is 0.107 e. The van der Waals surface area contributed by atoms with Gasteiger partial charge in [0.25, 0.3) is 0 Å². The molecule has 1 heterocycles. The van der Waals surface area contributed by atoms with Gasteiger partial charge in [0.05, 0.1) is 12.7 Å². The van der Waals surface area contributed by atoms with Crippen molar-refractivity contribution in [3.05, 3.63) is 22.4 Å². The molecule has 0 aliphatic heterocycles. The molecule has 1 rings (SSSR count). The molecule has 112 valence electrons. The van der Waals surface area contributed by atoms with Crippen molar-refractivity contribution < 1.29 is 14.6 Å². The first kappa shape index (κ1) is 17.2. The second-order valence-electron chi connectivity index (χ2n) is 4.53. The Morgan fingerprint density at radius 2 is 2.40 bits per heavy atom. The fraction of sp³-hybridized carbons (Fsp3) is 0.600. The molecule has 0 aromatic carbocycles. The zero-order chi connectivity index (χ0) is 14.6. The molecule has 0 radical (unpaired) electrons. The van der Waals surface area contributed by atoms with Crippen LogP contribution in [0.1, 0.15) is 11.3 Å². The van der Waals surface area contributed by atoms with Crippen molar-refractivity contribution in [2.45, 2.75) is 19.1 Å². The number of terminal acetylenes is 1. The maximum absolute atomic E-state index is 9.97. The molecule has 0 bridgehead atoms. The minimum atomic E-state index is -0.522. The summed E-state index contributed by atoms with van der Waals surface area (Å²) in [4.78, 5) is 3.51. The SMILES string of the molecule is C#CCOC[C@H](O)CN(CCCOC)Cc1cccs1. The monoisotopic (exact) mass is 297 g/mol. The standard InChI is InChI=1S/C15H23NO3S/c1-3-8-19-13-14(17)11-16(7-5-9-18-2)12-15-6-4-10-20-15/h1,4,6,10,14,17H,5,7-9,11-13H2,2H3/t14-/m1/s1. The first-order chi connectivity index (χ1) is 9.76. The predicted molar refractivity (Wildman–Crippen MR) is 81.7 cm³/mol. The van der Waals surface area contributed by atoms with E-state index < -0.39 is 6.10 Å². The number of thiophene rings is 1. The van der Waals surface area contributed by atoms with Crippen LogP contribution >= 0.6 is 11.3 Å².